The number of amides is 1. The van der Waals surface area contributed by atoms with Gasteiger partial charge in [0.25, 0.3) is 11.5 Å². The third-order valence-corrected chi connectivity index (χ3v) is 5.14. The molecule has 1 atom stereocenters. The number of benzene rings is 1. The van der Waals surface area contributed by atoms with Gasteiger partial charge in [-0.05, 0) is 43.6 Å². The second kappa shape index (κ2) is 8.79. The highest BCUT2D eigenvalue weighted by molar-refractivity contribution is 5.94. The van der Waals surface area contributed by atoms with Gasteiger partial charge < -0.3 is 15.2 Å². The highest BCUT2D eigenvalue weighted by Crippen LogP contribution is 2.18. The highest BCUT2D eigenvalue weighted by atomic mass is 16.2. The molecule has 0 unspecified atom stereocenters. The maximum absolute atomic E-state index is 12.9. The van der Waals surface area contributed by atoms with Crippen LogP contribution in [-0.2, 0) is 0 Å². The minimum Gasteiger partial charge on any atom is -0.344 e. The van der Waals surface area contributed by atoms with Crippen molar-refractivity contribution in [2.75, 3.05) is 19.6 Å². The van der Waals surface area contributed by atoms with Crippen LogP contribution in [0.2, 0.25) is 0 Å². The summed E-state index contributed by atoms with van der Waals surface area (Å²) in [7, 11) is 0. The number of carbonyl (C=O) groups is 1. The lowest BCUT2D eigenvalue weighted by Crippen LogP contribution is -2.39. The first kappa shape index (κ1) is 19.0. The standard InChI is InChI=1S/C22H23N5O2/c28-21(18-14-24-20(26-22(18)29)17-8-10-23-11-9-17)25-19(15-27-12-4-5-13-27)16-6-2-1-3-7-16/h1-3,6-11,14,19H,4-5,12-13,15H2,(H,25,28)(H,24,26,29)/t19-/m1/s1. The maximum Gasteiger partial charge on any atom is 0.264 e. The van der Waals surface area contributed by atoms with Gasteiger partial charge in [-0.2, -0.15) is 0 Å². The molecule has 0 bridgehead atoms. The Kier molecular flexibility index (Phi) is 5.76. The van der Waals surface area contributed by atoms with Crippen LogP contribution < -0.4 is 10.9 Å². The number of likely N-dealkylation sites (tertiary alicyclic amines) is 1. The number of pyridine rings is 1. The summed E-state index contributed by atoms with van der Waals surface area (Å²) in [5, 5.41) is 3.03. The minimum atomic E-state index is -0.461. The molecule has 29 heavy (non-hydrogen) atoms. The average Bonchev–Trinajstić information content (AvgIpc) is 3.27. The summed E-state index contributed by atoms with van der Waals surface area (Å²) < 4.78 is 0. The fourth-order valence-corrected chi connectivity index (χ4v) is 3.59. The summed E-state index contributed by atoms with van der Waals surface area (Å²) in [6.45, 7) is 2.78. The molecule has 3 aromatic rings. The summed E-state index contributed by atoms with van der Waals surface area (Å²) in [6.07, 6.45) is 6.93. The minimum absolute atomic E-state index is 0.00478. The van der Waals surface area contributed by atoms with Gasteiger partial charge >= 0.3 is 0 Å². The van der Waals surface area contributed by atoms with Crippen molar-refractivity contribution in [1.82, 2.24) is 25.2 Å². The Bertz CT molecular complexity index is 1010. The SMILES string of the molecule is O=C(N[C@H](CN1CCCC1)c1ccccc1)c1cnc(-c2ccncc2)[nH]c1=O. The second-order valence-corrected chi connectivity index (χ2v) is 7.15. The van der Waals surface area contributed by atoms with Crippen LogP contribution in [-0.4, -0.2) is 45.4 Å². The molecule has 1 aliphatic heterocycles. The summed E-state index contributed by atoms with van der Waals surface area (Å²) in [6, 6.07) is 13.2. The third kappa shape index (κ3) is 4.57. The van der Waals surface area contributed by atoms with Crippen molar-refractivity contribution in [3.8, 4) is 11.4 Å². The largest absolute Gasteiger partial charge is 0.344 e. The number of aromatic amines is 1. The van der Waals surface area contributed by atoms with E-state index in [0.29, 0.717) is 5.82 Å². The highest BCUT2D eigenvalue weighted by Gasteiger charge is 2.22. The molecule has 1 saturated heterocycles. The van der Waals surface area contributed by atoms with Crippen LogP contribution >= 0.6 is 0 Å². The van der Waals surface area contributed by atoms with Crippen LogP contribution in [0.4, 0.5) is 0 Å². The molecule has 0 aliphatic carbocycles. The van der Waals surface area contributed by atoms with Crippen LogP contribution in [0.1, 0.15) is 34.8 Å². The van der Waals surface area contributed by atoms with Crippen LogP contribution in [0.15, 0.2) is 65.8 Å². The van der Waals surface area contributed by atoms with E-state index in [-0.39, 0.29) is 11.6 Å². The first-order valence-corrected chi connectivity index (χ1v) is 9.78. The Morgan fingerprint density at radius 1 is 1.10 bits per heavy atom. The van der Waals surface area contributed by atoms with Gasteiger partial charge in [0, 0.05) is 30.7 Å². The van der Waals surface area contributed by atoms with E-state index in [1.807, 2.05) is 30.3 Å². The van der Waals surface area contributed by atoms with Gasteiger partial charge in [-0.1, -0.05) is 30.3 Å². The number of rotatable bonds is 6. The van der Waals surface area contributed by atoms with Crippen molar-refractivity contribution in [3.05, 3.63) is 82.5 Å². The Morgan fingerprint density at radius 3 is 2.52 bits per heavy atom. The van der Waals surface area contributed by atoms with Crippen LogP contribution in [0.3, 0.4) is 0 Å². The maximum atomic E-state index is 12.9. The second-order valence-electron chi connectivity index (χ2n) is 7.15. The summed E-state index contributed by atoms with van der Waals surface area (Å²) in [5.74, 6) is -0.0151. The van der Waals surface area contributed by atoms with Crippen molar-refractivity contribution in [1.29, 1.82) is 0 Å². The number of hydrogen-bond donors (Lipinski definition) is 2. The fourth-order valence-electron chi connectivity index (χ4n) is 3.59. The summed E-state index contributed by atoms with van der Waals surface area (Å²) in [4.78, 5) is 38.7. The van der Waals surface area contributed by atoms with Gasteiger partial charge in [-0.25, -0.2) is 4.98 Å². The zero-order valence-corrected chi connectivity index (χ0v) is 16.0. The Balaban J connectivity index is 1.54. The number of H-pyrrole nitrogens is 1. The molecule has 1 aromatic carbocycles. The van der Waals surface area contributed by atoms with Gasteiger partial charge in [0.2, 0.25) is 0 Å². The van der Waals surface area contributed by atoms with Gasteiger partial charge in [-0.15, -0.1) is 0 Å². The molecule has 3 heterocycles. The molecule has 0 spiro atoms. The quantitative estimate of drug-likeness (QED) is 0.676. The number of nitrogens with one attached hydrogen (secondary N) is 2. The van der Waals surface area contributed by atoms with Gasteiger partial charge in [0.1, 0.15) is 11.4 Å². The Hall–Kier alpha value is -3.32. The van der Waals surface area contributed by atoms with E-state index in [1.54, 1.807) is 24.5 Å². The number of nitrogens with zero attached hydrogens (tertiary/aromatic N) is 3. The van der Waals surface area contributed by atoms with Crippen molar-refractivity contribution in [3.63, 3.8) is 0 Å². The van der Waals surface area contributed by atoms with E-state index >= 15 is 0 Å². The molecule has 0 radical (unpaired) electrons. The smallest absolute Gasteiger partial charge is 0.264 e. The van der Waals surface area contributed by atoms with Gasteiger partial charge in [0.15, 0.2) is 0 Å². The first-order chi connectivity index (χ1) is 14.2. The molecule has 2 N–H and O–H groups in total. The van der Waals surface area contributed by atoms with E-state index in [2.05, 4.69) is 25.2 Å². The predicted octanol–water partition coefficient (Wildman–Crippen LogP) is 2.40. The van der Waals surface area contributed by atoms with E-state index in [9.17, 15) is 9.59 Å². The number of carbonyl (C=O) groups excluding carboxylic acids is 1. The molecule has 7 nitrogen and oxygen atoms in total. The molecule has 7 heteroatoms. The molecule has 1 fully saturated rings. The van der Waals surface area contributed by atoms with Crippen LogP contribution in [0.5, 0.6) is 0 Å². The normalized spacial score (nSPS) is 15.2. The molecular formula is C22H23N5O2. The molecule has 1 aliphatic rings. The van der Waals surface area contributed by atoms with Crippen LogP contribution in [0, 0.1) is 0 Å². The van der Waals surface area contributed by atoms with E-state index in [0.717, 1.165) is 30.8 Å². The summed E-state index contributed by atoms with van der Waals surface area (Å²) >= 11 is 0. The summed E-state index contributed by atoms with van der Waals surface area (Å²) in [5.41, 5.74) is 1.30. The predicted molar refractivity (Wildman–Crippen MR) is 110 cm³/mol. The zero-order valence-electron chi connectivity index (χ0n) is 16.0. The average molecular weight is 389 g/mol. The van der Waals surface area contributed by atoms with Crippen molar-refractivity contribution < 1.29 is 4.79 Å². The van der Waals surface area contributed by atoms with Crippen LogP contribution in [0.25, 0.3) is 11.4 Å². The monoisotopic (exact) mass is 389 g/mol. The molecule has 148 valence electrons. The molecular weight excluding hydrogens is 366 g/mol. The third-order valence-electron chi connectivity index (χ3n) is 5.14. The Labute approximate surface area is 168 Å². The Morgan fingerprint density at radius 2 is 1.83 bits per heavy atom. The molecule has 4 rings (SSSR count). The lowest BCUT2D eigenvalue weighted by molar-refractivity contribution is 0.0925. The van der Waals surface area contributed by atoms with E-state index in [4.69, 9.17) is 0 Å². The van der Waals surface area contributed by atoms with Gasteiger partial charge in [-0.3, -0.25) is 14.6 Å². The fraction of sp³-hybridized carbons (Fsp3) is 0.273. The number of hydrogen-bond acceptors (Lipinski definition) is 5. The van der Waals surface area contributed by atoms with E-state index < -0.39 is 11.5 Å². The first-order valence-electron chi connectivity index (χ1n) is 9.78. The zero-order chi connectivity index (χ0) is 20.1. The lowest BCUT2D eigenvalue weighted by atomic mass is 10.1. The molecule has 1 amide bonds. The van der Waals surface area contributed by atoms with Gasteiger partial charge in [0.05, 0.1) is 6.04 Å². The number of aromatic nitrogens is 3. The van der Waals surface area contributed by atoms with E-state index in [1.165, 1.54) is 19.0 Å². The molecule has 0 saturated carbocycles. The topological polar surface area (TPSA) is 91.0 Å². The van der Waals surface area contributed by atoms with Crippen molar-refractivity contribution >= 4 is 5.91 Å². The lowest BCUT2D eigenvalue weighted by Gasteiger charge is -2.24. The molecule has 2 aromatic heterocycles. The van der Waals surface area contributed by atoms with Crippen molar-refractivity contribution in [2.24, 2.45) is 0 Å². The van der Waals surface area contributed by atoms with Crippen molar-refractivity contribution in [2.45, 2.75) is 18.9 Å².